The van der Waals surface area contributed by atoms with Crippen molar-refractivity contribution in [3.05, 3.63) is 125 Å². The number of nitrogens with zero attached hydrogens (tertiary/aromatic N) is 1. The lowest BCUT2D eigenvalue weighted by molar-refractivity contribution is -0.123. The maximum atomic E-state index is 13.7. The zero-order chi connectivity index (χ0) is 32.7. The van der Waals surface area contributed by atoms with Gasteiger partial charge in [0.05, 0.1) is 35.8 Å². The molecule has 236 valence electrons. The number of methoxy groups -OCH3 is 1. The zero-order valence-corrected chi connectivity index (χ0v) is 25.5. The van der Waals surface area contributed by atoms with Gasteiger partial charge in [-0.15, -0.1) is 0 Å². The van der Waals surface area contributed by atoms with Gasteiger partial charge in [0.1, 0.15) is 11.5 Å². The van der Waals surface area contributed by atoms with Crippen LogP contribution in [0.5, 0.6) is 11.5 Å². The minimum atomic E-state index is -0.757. The Balaban J connectivity index is 0.973. The molecule has 4 aromatic carbocycles. The second kappa shape index (κ2) is 12.3. The van der Waals surface area contributed by atoms with E-state index in [1.807, 2.05) is 18.2 Å². The predicted octanol–water partition coefficient (Wildman–Crippen LogP) is 5.88. The first kappa shape index (κ1) is 30.1. The Kier molecular flexibility index (Phi) is 7.89. The van der Waals surface area contributed by atoms with Gasteiger partial charge in [-0.1, -0.05) is 42.5 Å². The number of carbonyl (C=O) groups is 5. The number of benzene rings is 4. The summed E-state index contributed by atoms with van der Waals surface area (Å²) in [5, 5.41) is 0. The lowest BCUT2D eigenvalue weighted by Gasteiger charge is -2.28. The minimum Gasteiger partial charge on any atom is -0.497 e. The number of imide groups is 1. The van der Waals surface area contributed by atoms with Crippen molar-refractivity contribution < 1.29 is 38.2 Å². The summed E-state index contributed by atoms with van der Waals surface area (Å²) in [5.41, 5.74) is 2.23. The van der Waals surface area contributed by atoms with E-state index in [1.165, 1.54) is 54.0 Å². The first-order valence-corrected chi connectivity index (χ1v) is 15.5. The molecule has 7 rings (SSSR count). The Morgan fingerprint density at radius 3 is 2.15 bits per heavy atom. The number of rotatable bonds is 9. The van der Waals surface area contributed by atoms with E-state index < -0.39 is 24.3 Å². The third-order valence-corrected chi connectivity index (χ3v) is 9.61. The fraction of sp³-hybridized carbons (Fsp3) is 0.237. The standard InChI is InChI=1S/C38H31NO8/c1-45-29-12-6-10-25(18-29)38(44)47-28-15-13-23(14-16-28)32(40)21-46-37(43)24-9-5-11-27(17-24)39-35(41)33-26-19-30(22-7-3-2-4-8-22)31(20-26)34(33)36(39)42/h2-18,26,30-31,33-34H,19-21H2,1H3/t26-,30+,31+,33+,34-/m0/s1. The highest BCUT2D eigenvalue weighted by molar-refractivity contribution is 6.23. The Morgan fingerprint density at radius 1 is 0.702 bits per heavy atom. The monoisotopic (exact) mass is 629 g/mol. The molecular weight excluding hydrogens is 598 g/mol. The van der Waals surface area contributed by atoms with Gasteiger partial charge in [0.2, 0.25) is 11.8 Å². The van der Waals surface area contributed by atoms with Gasteiger partial charge in [-0.3, -0.25) is 19.3 Å². The van der Waals surface area contributed by atoms with E-state index in [2.05, 4.69) is 12.1 Å². The molecule has 3 fully saturated rings. The van der Waals surface area contributed by atoms with Crippen LogP contribution < -0.4 is 14.4 Å². The Bertz CT molecular complexity index is 1890. The van der Waals surface area contributed by atoms with Crippen LogP contribution in [0.1, 0.15) is 55.4 Å². The number of hydrogen-bond acceptors (Lipinski definition) is 8. The Hall–Kier alpha value is -5.57. The number of Topliss-reactive ketones (excluding diaryl/α,β-unsaturated/α-hetero) is 1. The first-order chi connectivity index (χ1) is 22.8. The van der Waals surface area contributed by atoms with Gasteiger partial charge < -0.3 is 14.2 Å². The van der Waals surface area contributed by atoms with Crippen LogP contribution in [-0.4, -0.2) is 43.3 Å². The number of amides is 2. The molecule has 0 unspecified atom stereocenters. The van der Waals surface area contributed by atoms with E-state index in [-0.39, 0.29) is 58.3 Å². The van der Waals surface area contributed by atoms with Crippen molar-refractivity contribution in [3.8, 4) is 11.5 Å². The van der Waals surface area contributed by atoms with Crippen LogP contribution in [-0.2, 0) is 14.3 Å². The smallest absolute Gasteiger partial charge is 0.343 e. The maximum Gasteiger partial charge on any atom is 0.343 e. The van der Waals surface area contributed by atoms with Crippen molar-refractivity contribution in [2.24, 2.45) is 23.7 Å². The summed E-state index contributed by atoms with van der Waals surface area (Å²) in [6.45, 7) is -0.526. The van der Waals surface area contributed by atoms with Crippen LogP contribution in [0.4, 0.5) is 5.69 Å². The summed E-state index contributed by atoms with van der Waals surface area (Å²) in [7, 11) is 1.50. The summed E-state index contributed by atoms with van der Waals surface area (Å²) in [6, 6.07) is 28.8. The molecule has 1 saturated heterocycles. The minimum absolute atomic E-state index is 0.113. The van der Waals surface area contributed by atoms with E-state index in [0.29, 0.717) is 17.0 Å². The van der Waals surface area contributed by atoms with Crippen molar-refractivity contribution >= 4 is 35.2 Å². The molecule has 1 heterocycles. The molecule has 0 spiro atoms. The lowest BCUT2D eigenvalue weighted by atomic mass is 9.73. The number of anilines is 1. The van der Waals surface area contributed by atoms with Crippen LogP contribution in [0.15, 0.2) is 103 Å². The van der Waals surface area contributed by atoms with Crippen molar-refractivity contribution in [3.63, 3.8) is 0 Å². The highest BCUT2D eigenvalue weighted by atomic mass is 16.5. The predicted molar refractivity (Wildman–Crippen MR) is 170 cm³/mol. The summed E-state index contributed by atoms with van der Waals surface area (Å²) in [6.07, 6.45) is 1.76. The topological polar surface area (TPSA) is 116 Å². The van der Waals surface area contributed by atoms with Crippen LogP contribution in [0.3, 0.4) is 0 Å². The highest BCUT2D eigenvalue weighted by Gasteiger charge is 2.64. The third kappa shape index (κ3) is 5.58. The molecule has 9 heteroatoms. The largest absolute Gasteiger partial charge is 0.497 e. The van der Waals surface area contributed by atoms with Crippen LogP contribution in [0, 0.1) is 23.7 Å². The second-order valence-electron chi connectivity index (χ2n) is 12.2. The summed E-state index contributed by atoms with van der Waals surface area (Å²) >= 11 is 0. The fourth-order valence-corrected chi connectivity index (χ4v) is 7.49. The number of ether oxygens (including phenoxy) is 3. The SMILES string of the molecule is COc1cccc(C(=O)Oc2ccc(C(=O)COC(=O)c3cccc(N4C(=O)[C@@H]5[C@@H]6C[C@@H]([C@@H]5C4=O)[C@@H](c4ccccc4)C6)c3)cc2)c1. The number of fused-ring (bicyclic) bond motifs is 5. The van der Waals surface area contributed by atoms with Crippen molar-refractivity contribution in [1.82, 2.24) is 0 Å². The lowest BCUT2D eigenvalue weighted by Crippen LogP contribution is -2.33. The molecule has 2 aliphatic carbocycles. The molecular formula is C38H31NO8. The summed E-state index contributed by atoms with van der Waals surface area (Å²) < 4.78 is 15.8. The number of esters is 2. The van der Waals surface area contributed by atoms with Gasteiger partial charge in [-0.05, 0) is 96.8 Å². The molecule has 3 aliphatic rings. The average molecular weight is 630 g/mol. The second-order valence-corrected chi connectivity index (χ2v) is 12.2. The molecule has 2 saturated carbocycles. The molecule has 4 aromatic rings. The summed E-state index contributed by atoms with van der Waals surface area (Å²) in [4.78, 5) is 66.7. The molecule has 2 amide bonds. The number of ketones is 1. The molecule has 0 aromatic heterocycles. The van der Waals surface area contributed by atoms with E-state index in [1.54, 1.807) is 36.4 Å². The van der Waals surface area contributed by atoms with E-state index in [9.17, 15) is 24.0 Å². The quantitative estimate of drug-likeness (QED) is 0.0975. The van der Waals surface area contributed by atoms with Crippen molar-refractivity contribution in [2.75, 3.05) is 18.6 Å². The maximum absolute atomic E-state index is 13.7. The van der Waals surface area contributed by atoms with Crippen LogP contribution >= 0.6 is 0 Å². The average Bonchev–Trinajstić information content (AvgIpc) is 3.78. The van der Waals surface area contributed by atoms with E-state index in [0.717, 1.165) is 12.8 Å². The van der Waals surface area contributed by atoms with Gasteiger partial charge in [0.15, 0.2) is 12.4 Å². The number of carbonyl (C=O) groups excluding carboxylic acids is 5. The first-order valence-electron chi connectivity index (χ1n) is 15.5. The van der Waals surface area contributed by atoms with Crippen molar-refractivity contribution in [1.29, 1.82) is 0 Å². The molecule has 9 nitrogen and oxygen atoms in total. The fourth-order valence-electron chi connectivity index (χ4n) is 7.49. The Labute approximate surface area is 271 Å². The van der Waals surface area contributed by atoms with E-state index in [4.69, 9.17) is 14.2 Å². The van der Waals surface area contributed by atoms with Gasteiger partial charge >= 0.3 is 11.9 Å². The van der Waals surface area contributed by atoms with Gasteiger partial charge in [0.25, 0.3) is 0 Å². The van der Waals surface area contributed by atoms with Gasteiger partial charge in [-0.25, -0.2) is 9.59 Å². The molecule has 1 aliphatic heterocycles. The highest BCUT2D eigenvalue weighted by Crippen LogP contribution is 2.61. The summed E-state index contributed by atoms with van der Waals surface area (Å²) in [5.74, 6) is -1.64. The molecule has 0 radical (unpaired) electrons. The Morgan fingerprint density at radius 2 is 1.40 bits per heavy atom. The van der Waals surface area contributed by atoms with Crippen LogP contribution in [0.2, 0.25) is 0 Å². The van der Waals surface area contributed by atoms with Crippen LogP contribution in [0.25, 0.3) is 0 Å². The molecule has 2 bridgehead atoms. The van der Waals surface area contributed by atoms with Gasteiger partial charge in [0, 0.05) is 5.56 Å². The molecule has 0 N–H and O–H groups in total. The molecule has 47 heavy (non-hydrogen) atoms. The number of hydrogen-bond donors (Lipinski definition) is 0. The zero-order valence-electron chi connectivity index (χ0n) is 25.5. The molecule has 5 atom stereocenters. The van der Waals surface area contributed by atoms with Gasteiger partial charge in [-0.2, -0.15) is 0 Å². The van der Waals surface area contributed by atoms with Crippen molar-refractivity contribution in [2.45, 2.75) is 18.8 Å². The third-order valence-electron chi connectivity index (χ3n) is 9.61. The normalized spacial score (nSPS) is 22.6. The van der Waals surface area contributed by atoms with E-state index >= 15 is 0 Å².